The third-order valence-corrected chi connectivity index (χ3v) is 3.63. The molecule has 108 valence electrons. The highest BCUT2D eigenvalue weighted by molar-refractivity contribution is 5.56. The first-order valence-corrected chi connectivity index (χ1v) is 6.90. The highest BCUT2D eigenvalue weighted by Gasteiger charge is 2.25. The van der Waals surface area contributed by atoms with Crippen molar-refractivity contribution in [2.24, 2.45) is 0 Å². The van der Waals surface area contributed by atoms with Crippen LogP contribution < -0.4 is 10.2 Å². The standard InChI is InChI=1S/C15H16N4O2/c20-19(21)14-7-4-9-16-15(14)17-12-8-10-18(11-12)13-5-2-1-3-6-13/h1-7,9,12H,8,10-11H2,(H,16,17). The Morgan fingerprint density at radius 2 is 2.05 bits per heavy atom. The second-order valence-electron chi connectivity index (χ2n) is 5.04. The van der Waals surface area contributed by atoms with E-state index in [0.29, 0.717) is 5.82 Å². The number of nitro groups is 1. The number of rotatable bonds is 4. The summed E-state index contributed by atoms with van der Waals surface area (Å²) in [7, 11) is 0. The molecule has 1 aliphatic heterocycles. The van der Waals surface area contributed by atoms with Gasteiger partial charge < -0.3 is 10.2 Å². The number of nitrogens with one attached hydrogen (secondary N) is 1. The van der Waals surface area contributed by atoms with Gasteiger partial charge in [0, 0.05) is 37.1 Å². The van der Waals surface area contributed by atoms with Crippen molar-refractivity contribution in [3.63, 3.8) is 0 Å². The summed E-state index contributed by atoms with van der Waals surface area (Å²) in [6.07, 6.45) is 2.50. The van der Waals surface area contributed by atoms with Crippen LogP contribution in [0.15, 0.2) is 48.7 Å². The zero-order valence-corrected chi connectivity index (χ0v) is 11.5. The van der Waals surface area contributed by atoms with Crippen molar-refractivity contribution in [3.05, 3.63) is 58.8 Å². The minimum atomic E-state index is -0.404. The van der Waals surface area contributed by atoms with Gasteiger partial charge in [-0.2, -0.15) is 0 Å². The van der Waals surface area contributed by atoms with E-state index < -0.39 is 4.92 Å². The van der Waals surface area contributed by atoms with Gasteiger partial charge >= 0.3 is 5.69 Å². The van der Waals surface area contributed by atoms with E-state index in [-0.39, 0.29) is 11.7 Å². The molecule has 1 saturated heterocycles. The minimum absolute atomic E-state index is 0.0238. The molecule has 6 heteroatoms. The third-order valence-electron chi connectivity index (χ3n) is 3.63. The number of aromatic nitrogens is 1. The fourth-order valence-electron chi connectivity index (χ4n) is 2.60. The second-order valence-corrected chi connectivity index (χ2v) is 5.04. The maximum Gasteiger partial charge on any atom is 0.311 e. The van der Waals surface area contributed by atoms with E-state index in [1.807, 2.05) is 18.2 Å². The van der Waals surface area contributed by atoms with Crippen LogP contribution in [0.2, 0.25) is 0 Å². The summed E-state index contributed by atoms with van der Waals surface area (Å²) in [5.74, 6) is 0.349. The van der Waals surface area contributed by atoms with E-state index >= 15 is 0 Å². The van der Waals surface area contributed by atoms with E-state index in [9.17, 15) is 10.1 Å². The van der Waals surface area contributed by atoms with Crippen LogP contribution >= 0.6 is 0 Å². The first kappa shape index (κ1) is 13.4. The van der Waals surface area contributed by atoms with Crippen molar-refractivity contribution < 1.29 is 4.92 Å². The molecule has 6 nitrogen and oxygen atoms in total. The Hall–Kier alpha value is -2.63. The van der Waals surface area contributed by atoms with Crippen molar-refractivity contribution in [2.75, 3.05) is 23.3 Å². The lowest BCUT2D eigenvalue weighted by Crippen LogP contribution is -2.26. The largest absolute Gasteiger partial charge is 0.369 e. The van der Waals surface area contributed by atoms with Crippen LogP contribution in [0, 0.1) is 10.1 Å². The van der Waals surface area contributed by atoms with Crippen molar-refractivity contribution in [2.45, 2.75) is 12.5 Å². The highest BCUT2D eigenvalue weighted by atomic mass is 16.6. The maximum absolute atomic E-state index is 11.0. The molecule has 0 bridgehead atoms. The average Bonchev–Trinajstić information content (AvgIpc) is 2.97. The summed E-state index contributed by atoms with van der Waals surface area (Å²) in [6, 6.07) is 13.4. The van der Waals surface area contributed by atoms with Crippen molar-refractivity contribution in [1.29, 1.82) is 0 Å². The van der Waals surface area contributed by atoms with Crippen molar-refractivity contribution in [3.8, 4) is 0 Å². The molecule has 1 aromatic heterocycles. The van der Waals surface area contributed by atoms with Crippen LogP contribution in [-0.2, 0) is 0 Å². The molecule has 3 rings (SSSR count). The van der Waals surface area contributed by atoms with E-state index in [4.69, 9.17) is 0 Å². The first-order chi connectivity index (χ1) is 10.2. The van der Waals surface area contributed by atoms with Gasteiger partial charge in [-0.05, 0) is 24.6 Å². The molecule has 0 saturated carbocycles. The number of benzene rings is 1. The Morgan fingerprint density at radius 3 is 2.81 bits per heavy atom. The summed E-state index contributed by atoms with van der Waals surface area (Å²) in [5.41, 5.74) is 1.20. The fraction of sp³-hybridized carbons (Fsp3) is 0.267. The first-order valence-electron chi connectivity index (χ1n) is 6.90. The monoisotopic (exact) mass is 284 g/mol. The molecule has 21 heavy (non-hydrogen) atoms. The Balaban J connectivity index is 1.69. The second kappa shape index (κ2) is 5.78. The minimum Gasteiger partial charge on any atom is -0.369 e. The van der Waals surface area contributed by atoms with Crippen LogP contribution in [0.3, 0.4) is 0 Å². The van der Waals surface area contributed by atoms with E-state index in [0.717, 1.165) is 19.5 Å². The SMILES string of the molecule is O=[N+]([O-])c1cccnc1NC1CCN(c2ccccc2)C1. The topological polar surface area (TPSA) is 71.3 Å². The Bertz CT molecular complexity index is 633. The van der Waals surface area contributed by atoms with Gasteiger partial charge in [0.25, 0.3) is 0 Å². The Morgan fingerprint density at radius 1 is 1.24 bits per heavy atom. The molecule has 0 aliphatic carbocycles. The third kappa shape index (κ3) is 2.94. The Kier molecular flexibility index (Phi) is 3.68. The molecule has 2 heterocycles. The number of nitrogens with zero attached hydrogens (tertiary/aromatic N) is 3. The zero-order valence-electron chi connectivity index (χ0n) is 11.5. The fourth-order valence-corrected chi connectivity index (χ4v) is 2.60. The molecular weight excluding hydrogens is 268 g/mol. The number of hydrogen-bond donors (Lipinski definition) is 1. The lowest BCUT2D eigenvalue weighted by Gasteiger charge is -2.19. The lowest BCUT2D eigenvalue weighted by molar-refractivity contribution is -0.384. The van der Waals surface area contributed by atoms with E-state index in [1.165, 1.54) is 11.8 Å². The molecule has 1 aromatic carbocycles. The normalized spacial score (nSPS) is 17.7. The van der Waals surface area contributed by atoms with Crippen molar-refractivity contribution in [1.82, 2.24) is 4.98 Å². The average molecular weight is 284 g/mol. The molecule has 1 N–H and O–H groups in total. The van der Waals surface area contributed by atoms with Crippen LogP contribution in [0.1, 0.15) is 6.42 Å². The van der Waals surface area contributed by atoms with Crippen LogP contribution in [0.4, 0.5) is 17.2 Å². The summed E-state index contributed by atoms with van der Waals surface area (Å²) in [5, 5.41) is 14.2. The van der Waals surface area contributed by atoms with Gasteiger partial charge in [0.2, 0.25) is 5.82 Å². The molecule has 0 radical (unpaired) electrons. The van der Waals surface area contributed by atoms with Gasteiger partial charge in [-0.1, -0.05) is 18.2 Å². The number of anilines is 2. The van der Waals surface area contributed by atoms with Gasteiger partial charge in [-0.3, -0.25) is 10.1 Å². The molecule has 0 spiro atoms. The lowest BCUT2D eigenvalue weighted by atomic mass is 10.2. The smallest absolute Gasteiger partial charge is 0.311 e. The summed E-state index contributed by atoms with van der Waals surface area (Å²) in [4.78, 5) is 17.0. The van der Waals surface area contributed by atoms with Gasteiger partial charge in [-0.15, -0.1) is 0 Å². The summed E-state index contributed by atoms with van der Waals surface area (Å²) < 4.78 is 0. The predicted octanol–water partition coefficient (Wildman–Crippen LogP) is 2.68. The summed E-state index contributed by atoms with van der Waals surface area (Å²) >= 11 is 0. The van der Waals surface area contributed by atoms with E-state index in [1.54, 1.807) is 12.3 Å². The summed E-state index contributed by atoms with van der Waals surface area (Å²) in [6.45, 7) is 1.75. The highest BCUT2D eigenvalue weighted by Crippen LogP contribution is 2.25. The molecule has 2 aromatic rings. The van der Waals surface area contributed by atoms with Gasteiger partial charge in [-0.25, -0.2) is 4.98 Å². The Labute approximate surface area is 122 Å². The molecular formula is C15H16N4O2. The maximum atomic E-state index is 11.0. The molecule has 1 fully saturated rings. The predicted molar refractivity (Wildman–Crippen MR) is 81.6 cm³/mol. The van der Waals surface area contributed by atoms with Gasteiger partial charge in [0.05, 0.1) is 4.92 Å². The van der Waals surface area contributed by atoms with Crippen LogP contribution in [0.25, 0.3) is 0 Å². The number of para-hydroxylation sites is 1. The van der Waals surface area contributed by atoms with Crippen LogP contribution in [-0.4, -0.2) is 29.0 Å². The van der Waals surface area contributed by atoms with Crippen LogP contribution in [0.5, 0.6) is 0 Å². The molecule has 0 amide bonds. The van der Waals surface area contributed by atoms with Gasteiger partial charge in [0.1, 0.15) is 0 Å². The zero-order chi connectivity index (χ0) is 14.7. The van der Waals surface area contributed by atoms with Gasteiger partial charge in [0.15, 0.2) is 0 Å². The molecule has 1 atom stereocenters. The quantitative estimate of drug-likeness (QED) is 0.690. The van der Waals surface area contributed by atoms with E-state index in [2.05, 4.69) is 27.3 Å². The molecule has 1 aliphatic rings. The number of pyridine rings is 1. The van der Waals surface area contributed by atoms with Crippen molar-refractivity contribution >= 4 is 17.2 Å². The molecule has 1 unspecified atom stereocenters. The number of hydrogen-bond acceptors (Lipinski definition) is 5.